The molecule has 0 unspecified atom stereocenters. The molecule has 0 saturated carbocycles. The summed E-state index contributed by atoms with van der Waals surface area (Å²) >= 11 is 0.945. The van der Waals surface area contributed by atoms with Gasteiger partial charge in [0.25, 0.3) is 0 Å². The highest BCUT2D eigenvalue weighted by Crippen LogP contribution is 2.49. The van der Waals surface area contributed by atoms with Crippen LogP contribution in [0.4, 0.5) is 17.6 Å². The van der Waals surface area contributed by atoms with Crippen LogP contribution >= 0.6 is 11.8 Å². The molecular weight excluding hydrogens is 444 g/mol. The van der Waals surface area contributed by atoms with Crippen molar-refractivity contribution in [3.8, 4) is 22.7 Å². The monoisotopic (exact) mass is 458 g/mol. The van der Waals surface area contributed by atoms with E-state index in [0.717, 1.165) is 22.7 Å². The third-order valence-corrected chi connectivity index (χ3v) is 6.91. The summed E-state index contributed by atoms with van der Waals surface area (Å²) in [6.45, 7) is 0. The average molecular weight is 458 g/mol. The molecule has 30 heavy (non-hydrogen) atoms. The van der Waals surface area contributed by atoms with Gasteiger partial charge in [-0.15, -0.1) is 11.8 Å². The zero-order chi connectivity index (χ0) is 21.8. The Labute approximate surface area is 173 Å². The molecule has 3 aromatic rings. The van der Waals surface area contributed by atoms with Crippen molar-refractivity contribution in [1.82, 2.24) is 9.78 Å². The molecule has 0 amide bonds. The number of benzene rings is 2. The van der Waals surface area contributed by atoms with Crippen molar-refractivity contribution in [2.45, 2.75) is 21.7 Å². The number of rotatable bonds is 3. The summed E-state index contributed by atoms with van der Waals surface area (Å²) in [5.41, 5.74) is -0.515. The Morgan fingerprint density at radius 3 is 2.37 bits per heavy atom. The van der Waals surface area contributed by atoms with Crippen molar-refractivity contribution in [3.05, 3.63) is 53.5 Å². The van der Waals surface area contributed by atoms with E-state index in [-0.39, 0.29) is 43.8 Å². The third kappa shape index (κ3) is 3.35. The highest BCUT2D eigenvalue weighted by Gasteiger charge is 2.41. The fraction of sp³-hybridized carbons (Fsp3) is 0.211. The van der Waals surface area contributed by atoms with E-state index >= 15 is 0 Å². The Hall–Kier alpha value is -2.53. The molecule has 11 heteroatoms. The van der Waals surface area contributed by atoms with Gasteiger partial charge in [0.15, 0.2) is 27.1 Å². The summed E-state index contributed by atoms with van der Waals surface area (Å²) in [6.07, 6.45) is -3.67. The Morgan fingerprint density at radius 2 is 1.80 bits per heavy atom. The van der Waals surface area contributed by atoms with Gasteiger partial charge in [0.05, 0.1) is 28.3 Å². The molecule has 0 spiro atoms. The molecule has 0 fully saturated rings. The van der Waals surface area contributed by atoms with Gasteiger partial charge in [-0.25, -0.2) is 17.5 Å². The Morgan fingerprint density at radius 1 is 1.13 bits per heavy atom. The minimum absolute atomic E-state index is 0.00989. The van der Waals surface area contributed by atoms with Crippen LogP contribution in [0.15, 0.2) is 46.2 Å². The van der Waals surface area contributed by atoms with Gasteiger partial charge in [0.2, 0.25) is 0 Å². The number of sulfone groups is 1. The summed E-state index contributed by atoms with van der Waals surface area (Å²) < 4.78 is 85.1. The van der Waals surface area contributed by atoms with Crippen LogP contribution in [-0.4, -0.2) is 31.6 Å². The molecule has 4 rings (SSSR count). The standard InChI is InChI=1S/C19H14F4N2O3S2/c1-28-14-8-7-12-16-13(9-29-17(12)15(14)20)18(19(21,22)23)24-25(16)10-3-5-11(6-4-10)30(2,26)27/h3-8H,9H2,1-2H3. The second kappa shape index (κ2) is 7.02. The highest BCUT2D eigenvalue weighted by atomic mass is 32.2. The number of nitrogens with zero attached hydrogens (tertiary/aromatic N) is 2. The predicted octanol–water partition coefficient (Wildman–Crippen LogP) is 4.72. The first-order chi connectivity index (χ1) is 14.0. The zero-order valence-electron chi connectivity index (χ0n) is 15.6. The van der Waals surface area contributed by atoms with E-state index in [1.165, 1.54) is 43.5 Å². The maximum absolute atomic E-state index is 14.7. The van der Waals surface area contributed by atoms with Gasteiger partial charge < -0.3 is 4.74 Å². The molecule has 0 saturated heterocycles. The number of hydrogen-bond donors (Lipinski definition) is 0. The molecule has 0 radical (unpaired) electrons. The molecule has 1 aliphatic rings. The van der Waals surface area contributed by atoms with Crippen LogP contribution in [0.5, 0.6) is 5.75 Å². The number of ether oxygens (including phenoxy) is 1. The molecule has 5 nitrogen and oxygen atoms in total. The number of aromatic nitrogens is 2. The second-order valence-electron chi connectivity index (χ2n) is 6.60. The lowest BCUT2D eigenvalue weighted by Crippen LogP contribution is -2.10. The maximum atomic E-state index is 14.7. The maximum Gasteiger partial charge on any atom is 0.435 e. The number of fused-ring (bicyclic) bond motifs is 3. The van der Waals surface area contributed by atoms with E-state index in [9.17, 15) is 26.0 Å². The average Bonchev–Trinajstić information content (AvgIpc) is 3.08. The van der Waals surface area contributed by atoms with Crippen LogP contribution in [0.3, 0.4) is 0 Å². The Bertz CT molecular complexity index is 1250. The van der Waals surface area contributed by atoms with Crippen LogP contribution < -0.4 is 4.74 Å². The van der Waals surface area contributed by atoms with Crippen molar-refractivity contribution in [3.63, 3.8) is 0 Å². The summed E-state index contributed by atoms with van der Waals surface area (Å²) in [6, 6.07) is 8.15. The van der Waals surface area contributed by atoms with Crippen LogP contribution in [0.25, 0.3) is 16.9 Å². The normalized spacial score (nSPS) is 13.7. The smallest absolute Gasteiger partial charge is 0.435 e. The van der Waals surface area contributed by atoms with E-state index in [4.69, 9.17) is 4.74 Å². The zero-order valence-corrected chi connectivity index (χ0v) is 17.3. The summed E-state index contributed by atoms with van der Waals surface area (Å²) in [7, 11) is -2.17. The molecule has 158 valence electrons. The SMILES string of the molecule is COc1ccc2c(c1F)SCc1c(C(F)(F)F)nn(-c3ccc(S(C)(=O)=O)cc3)c1-2. The molecular formula is C19H14F4N2O3S2. The van der Waals surface area contributed by atoms with E-state index in [1.54, 1.807) is 0 Å². The van der Waals surface area contributed by atoms with Crippen molar-refractivity contribution in [2.75, 3.05) is 13.4 Å². The van der Waals surface area contributed by atoms with Gasteiger partial charge in [-0.3, -0.25) is 0 Å². The lowest BCUT2D eigenvalue weighted by molar-refractivity contribution is -0.141. The minimum atomic E-state index is -4.70. The van der Waals surface area contributed by atoms with Gasteiger partial charge in [0.1, 0.15) is 0 Å². The topological polar surface area (TPSA) is 61.2 Å². The largest absolute Gasteiger partial charge is 0.494 e. The highest BCUT2D eigenvalue weighted by molar-refractivity contribution is 7.98. The molecule has 0 atom stereocenters. The number of alkyl halides is 3. The lowest BCUT2D eigenvalue weighted by atomic mass is 10.0. The van der Waals surface area contributed by atoms with E-state index in [2.05, 4.69) is 5.10 Å². The van der Waals surface area contributed by atoms with E-state index in [0.29, 0.717) is 0 Å². The minimum Gasteiger partial charge on any atom is -0.494 e. The second-order valence-corrected chi connectivity index (χ2v) is 9.60. The van der Waals surface area contributed by atoms with Gasteiger partial charge in [-0.2, -0.15) is 18.3 Å². The number of hydrogen-bond acceptors (Lipinski definition) is 5. The van der Waals surface area contributed by atoms with Crippen molar-refractivity contribution >= 4 is 21.6 Å². The fourth-order valence-electron chi connectivity index (χ4n) is 3.28. The number of halogens is 4. The van der Waals surface area contributed by atoms with Gasteiger partial charge in [-0.1, -0.05) is 0 Å². The first-order valence-corrected chi connectivity index (χ1v) is 11.4. The third-order valence-electron chi connectivity index (χ3n) is 4.66. The van der Waals surface area contributed by atoms with Crippen LogP contribution in [0.1, 0.15) is 11.3 Å². The first-order valence-electron chi connectivity index (χ1n) is 8.51. The summed E-state index contributed by atoms with van der Waals surface area (Å²) in [5.74, 6) is -0.786. The number of methoxy groups -OCH3 is 1. The fourth-order valence-corrected chi connectivity index (χ4v) is 5.02. The van der Waals surface area contributed by atoms with Crippen molar-refractivity contribution < 1.29 is 30.7 Å². The van der Waals surface area contributed by atoms with Crippen molar-refractivity contribution in [2.24, 2.45) is 0 Å². The van der Waals surface area contributed by atoms with Crippen LogP contribution in [-0.2, 0) is 21.8 Å². The predicted molar refractivity (Wildman–Crippen MR) is 103 cm³/mol. The Kier molecular flexibility index (Phi) is 4.85. The quantitative estimate of drug-likeness (QED) is 0.532. The molecule has 0 aliphatic carbocycles. The molecule has 0 N–H and O–H groups in total. The van der Waals surface area contributed by atoms with Gasteiger partial charge in [-0.05, 0) is 36.4 Å². The molecule has 2 heterocycles. The molecule has 1 aliphatic heterocycles. The summed E-state index contributed by atoms with van der Waals surface area (Å²) in [4.78, 5) is 0.194. The molecule has 1 aromatic heterocycles. The summed E-state index contributed by atoms with van der Waals surface area (Å²) in [5, 5.41) is 3.77. The van der Waals surface area contributed by atoms with E-state index < -0.39 is 27.5 Å². The first kappa shape index (κ1) is 20.7. The van der Waals surface area contributed by atoms with Gasteiger partial charge >= 0.3 is 6.18 Å². The Balaban J connectivity index is 1.98. The molecule has 0 bridgehead atoms. The van der Waals surface area contributed by atoms with Crippen LogP contribution in [0.2, 0.25) is 0 Å². The molecule has 2 aromatic carbocycles. The van der Waals surface area contributed by atoms with Crippen molar-refractivity contribution in [1.29, 1.82) is 0 Å². The van der Waals surface area contributed by atoms with E-state index in [1.807, 2.05) is 0 Å². The lowest BCUT2D eigenvalue weighted by Gasteiger charge is -2.20. The van der Waals surface area contributed by atoms with Crippen LogP contribution in [0, 0.1) is 5.82 Å². The van der Waals surface area contributed by atoms with Gasteiger partial charge in [0, 0.05) is 23.1 Å². The number of thioether (sulfide) groups is 1.